The number of alkyl carbamates (subject to hydrolysis) is 1. The number of rotatable bonds is 10. The lowest BCUT2D eigenvalue weighted by Gasteiger charge is -2.38. The monoisotopic (exact) mass is 684 g/mol. The number of benzene rings is 2. The van der Waals surface area contributed by atoms with Crippen molar-refractivity contribution >= 4 is 28.7 Å². The molecule has 5 heterocycles. The predicted molar refractivity (Wildman–Crippen MR) is 178 cm³/mol. The molecule has 0 atom stereocenters. The summed E-state index contributed by atoms with van der Waals surface area (Å²) in [5, 5.41) is 19.2. The largest absolute Gasteiger partial charge is 0.447 e. The SMILES string of the molecule is Cn1nc2c(=O)n(CC3(O)CCN(Cc4ccc(-c5cnco5)cc4Cl)CC3)cnc2c1-c1ccc(COC(=O)NCc2cnco2)cc1. The number of hydrogen-bond donors (Lipinski definition) is 2. The van der Waals surface area contributed by atoms with E-state index in [4.69, 9.17) is 25.2 Å². The van der Waals surface area contributed by atoms with Gasteiger partial charge >= 0.3 is 6.09 Å². The standard InChI is InChI=1S/C34H33ClN8O6/c1-41-31(23-4-2-22(3-5-23)17-47-33(45)38-14-26-13-36-20-48-26)29-30(40-41)32(44)43(19-39-29)18-34(46)8-10-42(11-9-34)16-25-7-6-24(12-27(25)35)28-15-37-21-49-28/h2-7,12-13,15,19-21,46H,8-11,14,16-18H2,1H3,(H,38,45). The van der Waals surface area contributed by atoms with E-state index in [1.54, 1.807) is 17.9 Å². The van der Waals surface area contributed by atoms with Crippen LogP contribution in [0.3, 0.4) is 0 Å². The highest BCUT2D eigenvalue weighted by molar-refractivity contribution is 6.31. The summed E-state index contributed by atoms with van der Waals surface area (Å²) in [4.78, 5) is 40.2. The van der Waals surface area contributed by atoms with Crippen molar-refractivity contribution in [2.45, 2.75) is 44.7 Å². The third kappa shape index (κ3) is 7.11. The summed E-state index contributed by atoms with van der Waals surface area (Å²) in [6, 6.07) is 13.2. The summed E-state index contributed by atoms with van der Waals surface area (Å²) < 4.78 is 18.8. The molecule has 0 aliphatic carbocycles. The molecule has 49 heavy (non-hydrogen) atoms. The average molecular weight is 685 g/mol. The lowest BCUT2D eigenvalue weighted by atomic mass is 9.91. The number of oxazole rings is 2. The highest BCUT2D eigenvalue weighted by Crippen LogP contribution is 2.30. The molecule has 0 bridgehead atoms. The predicted octanol–water partition coefficient (Wildman–Crippen LogP) is 4.55. The average Bonchev–Trinajstić information content (AvgIpc) is 3.89. The van der Waals surface area contributed by atoms with E-state index in [9.17, 15) is 14.7 Å². The molecule has 4 aromatic heterocycles. The van der Waals surface area contributed by atoms with E-state index in [-0.39, 0.29) is 30.8 Å². The molecule has 15 heteroatoms. The molecule has 0 saturated carbocycles. The van der Waals surface area contributed by atoms with Gasteiger partial charge in [-0.1, -0.05) is 48.0 Å². The van der Waals surface area contributed by atoms with Gasteiger partial charge in [-0.05, 0) is 30.0 Å². The van der Waals surface area contributed by atoms with Crippen molar-refractivity contribution in [2.75, 3.05) is 13.1 Å². The summed E-state index contributed by atoms with van der Waals surface area (Å²) >= 11 is 6.59. The van der Waals surface area contributed by atoms with Gasteiger partial charge in [-0.3, -0.25) is 18.9 Å². The smallest absolute Gasteiger partial charge is 0.407 e. The number of amides is 1. The lowest BCUT2D eigenvalue weighted by molar-refractivity contribution is -0.0364. The summed E-state index contributed by atoms with van der Waals surface area (Å²) in [5.41, 5.74) is 3.40. The molecule has 1 aliphatic rings. The van der Waals surface area contributed by atoms with Crippen molar-refractivity contribution in [3.8, 4) is 22.6 Å². The summed E-state index contributed by atoms with van der Waals surface area (Å²) in [7, 11) is 1.76. The number of likely N-dealkylation sites (tertiary alicyclic amines) is 1. The van der Waals surface area contributed by atoms with E-state index in [1.807, 2.05) is 42.5 Å². The van der Waals surface area contributed by atoms with Crippen LogP contribution < -0.4 is 10.9 Å². The van der Waals surface area contributed by atoms with Crippen LogP contribution in [0, 0.1) is 0 Å². The van der Waals surface area contributed by atoms with Crippen LogP contribution in [0.2, 0.25) is 5.02 Å². The van der Waals surface area contributed by atoms with Gasteiger partial charge in [0.25, 0.3) is 5.56 Å². The maximum absolute atomic E-state index is 13.6. The minimum atomic E-state index is -1.07. The number of fused-ring (bicyclic) bond motifs is 1. The number of nitrogens with one attached hydrogen (secondary N) is 1. The Kier molecular flexibility index (Phi) is 8.99. The fourth-order valence-corrected chi connectivity index (χ4v) is 6.25. The minimum absolute atomic E-state index is 0.0731. The molecule has 14 nitrogen and oxygen atoms in total. The van der Waals surface area contributed by atoms with Crippen LogP contribution in [0.4, 0.5) is 4.79 Å². The van der Waals surface area contributed by atoms with E-state index in [0.29, 0.717) is 60.2 Å². The van der Waals surface area contributed by atoms with Crippen LogP contribution in [-0.4, -0.2) is 64.1 Å². The number of hydrogen-bond acceptors (Lipinski definition) is 11. The second kappa shape index (κ2) is 13.7. The molecule has 0 unspecified atom stereocenters. The first kappa shape index (κ1) is 32.2. The van der Waals surface area contributed by atoms with Crippen molar-refractivity contribution in [1.82, 2.24) is 39.5 Å². The fourth-order valence-electron chi connectivity index (χ4n) is 6.01. The number of aromatic nitrogens is 6. The van der Waals surface area contributed by atoms with Gasteiger partial charge in [0.1, 0.15) is 17.9 Å². The Hall–Kier alpha value is -5.31. The number of piperidine rings is 1. The first-order chi connectivity index (χ1) is 23.7. The Morgan fingerprint density at radius 2 is 1.80 bits per heavy atom. The van der Waals surface area contributed by atoms with Gasteiger partial charge in [0.15, 0.2) is 24.1 Å². The van der Waals surface area contributed by atoms with Crippen LogP contribution in [0.25, 0.3) is 33.6 Å². The van der Waals surface area contributed by atoms with Crippen LogP contribution in [0.1, 0.15) is 29.7 Å². The van der Waals surface area contributed by atoms with Crippen LogP contribution in [-0.2, 0) is 38.0 Å². The van der Waals surface area contributed by atoms with Crippen LogP contribution in [0.5, 0.6) is 0 Å². The van der Waals surface area contributed by atoms with E-state index >= 15 is 0 Å². The number of halogens is 1. The van der Waals surface area contributed by atoms with Gasteiger partial charge < -0.3 is 24.0 Å². The van der Waals surface area contributed by atoms with Crippen molar-refractivity contribution in [3.05, 3.63) is 106 Å². The third-order valence-corrected chi connectivity index (χ3v) is 9.07. The van der Waals surface area contributed by atoms with Crippen molar-refractivity contribution in [1.29, 1.82) is 0 Å². The highest BCUT2D eigenvalue weighted by Gasteiger charge is 2.33. The van der Waals surface area contributed by atoms with Gasteiger partial charge in [-0.15, -0.1) is 0 Å². The second-order valence-electron chi connectivity index (χ2n) is 12.1. The Balaban J connectivity index is 0.970. The molecule has 2 aromatic carbocycles. The number of carbonyl (C=O) groups is 1. The first-order valence-corrected chi connectivity index (χ1v) is 16.0. The summed E-state index contributed by atoms with van der Waals surface area (Å²) in [6.07, 6.45) is 7.71. The Morgan fingerprint density at radius 1 is 1.04 bits per heavy atom. The second-order valence-corrected chi connectivity index (χ2v) is 12.5. The van der Waals surface area contributed by atoms with E-state index in [0.717, 1.165) is 22.3 Å². The van der Waals surface area contributed by atoms with Gasteiger partial charge in [-0.2, -0.15) is 5.10 Å². The van der Waals surface area contributed by atoms with Gasteiger partial charge in [0.2, 0.25) is 0 Å². The Bertz CT molecular complexity index is 2120. The molecular weight excluding hydrogens is 652 g/mol. The molecule has 2 N–H and O–H groups in total. The van der Waals surface area contributed by atoms with E-state index in [2.05, 4.69) is 30.3 Å². The Labute approximate surface area is 284 Å². The molecule has 0 spiro atoms. The third-order valence-electron chi connectivity index (χ3n) is 8.71. The van der Waals surface area contributed by atoms with E-state index < -0.39 is 11.7 Å². The minimum Gasteiger partial charge on any atom is -0.447 e. The Morgan fingerprint density at radius 3 is 2.51 bits per heavy atom. The molecule has 1 aliphatic heterocycles. The number of ether oxygens (including phenoxy) is 1. The van der Waals surface area contributed by atoms with E-state index in [1.165, 1.54) is 29.9 Å². The van der Waals surface area contributed by atoms with Gasteiger partial charge in [0.05, 0.1) is 43.1 Å². The quantitative estimate of drug-likeness (QED) is 0.208. The highest BCUT2D eigenvalue weighted by atomic mass is 35.5. The molecule has 0 radical (unpaired) electrons. The van der Waals surface area contributed by atoms with Crippen LogP contribution >= 0.6 is 11.6 Å². The normalized spacial score (nSPS) is 14.7. The van der Waals surface area contributed by atoms with Crippen LogP contribution in [0.15, 0.2) is 87.6 Å². The first-order valence-electron chi connectivity index (χ1n) is 15.7. The number of nitrogens with zero attached hydrogens (tertiary/aromatic N) is 7. The molecule has 7 rings (SSSR count). The fraction of sp³-hybridized carbons (Fsp3) is 0.294. The van der Waals surface area contributed by atoms with Crippen molar-refractivity contribution < 1.29 is 23.5 Å². The van der Waals surface area contributed by atoms with Gasteiger partial charge in [-0.25, -0.2) is 19.7 Å². The zero-order valence-corrected chi connectivity index (χ0v) is 27.3. The number of carbonyl (C=O) groups excluding carboxylic acids is 1. The lowest BCUT2D eigenvalue weighted by Crippen LogP contribution is -2.47. The van der Waals surface area contributed by atoms with Gasteiger partial charge in [0, 0.05) is 42.8 Å². The topological polar surface area (TPSA) is 167 Å². The molecule has 252 valence electrons. The summed E-state index contributed by atoms with van der Waals surface area (Å²) in [6.45, 7) is 2.29. The molecule has 1 amide bonds. The zero-order chi connectivity index (χ0) is 34.0. The molecule has 1 fully saturated rings. The maximum atomic E-state index is 13.6. The zero-order valence-electron chi connectivity index (χ0n) is 26.6. The number of aliphatic hydroxyl groups is 1. The maximum Gasteiger partial charge on any atom is 0.407 e. The van der Waals surface area contributed by atoms with Crippen molar-refractivity contribution in [3.63, 3.8) is 0 Å². The summed E-state index contributed by atoms with van der Waals surface area (Å²) in [5.74, 6) is 1.17. The van der Waals surface area contributed by atoms with Crippen molar-refractivity contribution in [2.24, 2.45) is 7.05 Å². The molecule has 1 saturated heterocycles. The molecular formula is C34H33ClN8O6. The molecule has 6 aromatic rings. The number of aryl methyl sites for hydroxylation is 1.